The van der Waals surface area contributed by atoms with Crippen LogP contribution in [0.4, 0.5) is 4.79 Å². The highest BCUT2D eigenvalue weighted by molar-refractivity contribution is 5.78. The van der Waals surface area contributed by atoms with Crippen LogP contribution in [0.5, 0.6) is 0 Å². The third kappa shape index (κ3) is 2.35. The lowest BCUT2D eigenvalue weighted by atomic mass is 10.0. The Morgan fingerprint density at radius 1 is 1.22 bits per heavy atom. The average Bonchev–Trinajstić information content (AvgIpc) is 2.54. The fraction of sp³-hybridized carbons (Fsp3) is 0.533. The summed E-state index contributed by atoms with van der Waals surface area (Å²) in [6, 6.07) is 10.6. The summed E-state index contributed by atoms with van der Waals surface area (Å²) in [4.78, 5) is 16.3. The zero-order valence-corrected chi connectivity index (χ0v) is 11.7. The van der Waals surface area contributed by atoms with Crippen LogP contribution >= 0.6 is 0 Å². The van der Waals surface area contributed by atoms with Gasteiger partial charge in [-0.3, -0.25) is 0 Å². The number of hydrogen-bond acceptors (Lipinski definition) is 1. The molecule has 0 atom stereocenters. The van der Waals surface area contributed by atoms with Crippen molar-refractivity contribution >= 4 is 6.03 Å². The highest BCUT2D eigenvalue weighted by Crippen LogP contribution is 2.29. The summed E-state index contributed by atoms with van der Waals surface area (Å²) in [5.74, 6) is 0. The second-order valence-corrected chi connectivity index (χ2v) is 5.89. The Morgan fingerprint density at radius 2 is 1.83 bits per heavy atom. The van der Waals surface area contributed by atoms with E-state index in [9.17, 15) is 4.79 Å². The average molecular weight is 246 g/mol. The molecule has 1 heterocycles. The lowest BCUT2D eigenvalue weighted by Gasteiger charge is -2.29. The number of urea groups is 1. The SMILES string of the molecule is CC(C)N1CC(C)(C)N(Cc2ccccc2)C1=O. The summed E-state index contributed by atoms with van der Waals surface area (Å²) in [5, 5.41) is 0. The van der Waals surface area contributed by atoms with E-state index in [4.69, 9.17) is 0 Å². The topological polar surface area (TPSA) is 23.6 Å². The van der Waals surface area contributed by atoms with Gasteiger partial charge in [0, 0.05) is 19.1 Å². The molecule has 98 valence electrons. The summed E-state index contributed by atoms with van der Waals surface area (Å²) >= 11 is 0. The van der Waals surface area contributed by atoms with Crippen molar-refractivity contribution in [2.75, 3.05) is 6.54 Å². The Balaban J connectivity index is 2.19. The highest BCUT2D eigenvalue weighted by atomic mass is 16.2. The van der Waals surface area contributed by atoms with Crippen molar-refractivity contribution in [3.8, 4) is 0 Å². The first-order valence-corrected chi connectivity index (χ1v) is 6.54. The van der Waals surface area contributed by atoms with Crippen molar-refractivity contribution in [2.24, 2.45) is 0 Å². The Labute approximate surface area is 109 Å². The molecule has 1 fully saturated rings. The Hall–Kier alpha value is -1.51. The van der Waals surface area contributed by atoms with E-state index < -0.39 is 0 Å². The van der Waals surface area contributed by atoms with Gasteiger partial charge >= 0.3 is 6.03 Å². The molecule has 3 nitrogen and oxygen atoms in total. The van der Waals surface area contributed by atoms with Gasteiger partial charge in [-0.1, -0.05) is 30.3 Å². The van der Waals surface area contributed by atoms with Crippen LogP contribution in [-0.2, 0) is 6.54 Å². The van der Waals surface area contributed by atoms with E-state index in [0.717, 1.165) is 6.54 Å². The molecule has 18 heavy (non-hydrogen) atoms. The largest absolute Gasteiger partial charge is 0.321 e. The van der Waals surface area contributed by atoms with Crippen molar-refractivity contribution in [3.05, 3.63) is 35.9 Å². The van der Waals surface area contributed by atoms with E-state index in [1.54, 1.807) is 0 Å². The van der Waals surface area contributed by atoms with Gasteiger partial charge in [-0.2, -0.15) is 0 Å². The van der Waals surface area contributed by atoms with Gasteiger partial charge in [0.1, 0.15) is 0 Å². The molecule has 2 amide bonds. The minimum Gasteiger partial charge on any atom is -0.320 e. The van der Waals surface area contributed by atoms with Crippen LogP contribution in [0.15, 0.2) is 30.3 Å². The van der Waals surface area contributed by atoms with Gasteiger partial charge in [0.15, 0.2) is 0 Å². The number of amides is 2. The summed E-state index contributed by atoms with van der Waals surface area (Å²) in [6.07, 6.45) is 0. The molecule has 0 N–H and O–H groups in total. The summed E-state index contributed by atoms with van der Waals surface area (Å²) < 4.78 is 0. The predicted molar refractivity (Wildman–Crippen MR) is 73.3 cm³/mol. The number of hydrogen-bond donors (Lipinski definition) is 0. The molecule has 0 aromatic heterocycles. The van der Waals surface area contributed by atoms with Gasteiger partial charge in [-0.25, -0.2) is 4.79 Å². The maximum Gasteiger partial charge on any atom is 0.321 e. The third-order valence-electron chi connectivity index (χ3n) is 3.57. The number of benzene rings is 1. The highest BCUT2D eigenvalue weighted by Gasteiger charge is 2.43. The van der Waals surface area contributed by atoms with Gasteiger partial charge in [0.25, 0.3) is 0 Å². The Bertz CT molecular complexity index is 425. The standard InChI is InChI=1S/C15H22N2O/c1-12(2)16-11-15(3,4)17(14(16)18)10-13-8-6-5-7-9-13/h5-9,12H,10-11H2,1-4H3. The first-order chi connectivity index (χ1) is 8.42. The molecular weight excluding hydrogens is 224 g/mol. The van der Waals surface area contributed by atoms with Crippen molar-refractivity contribution in [2.45, 2.75) is 45.8 Å². The van der Waals surface area contributed by atoms with E-state index in [-0.39, 0.29) is 17.6 Å². The molecule has 2 rings (SSSR count). The van der Waals surface area contributed by atoms with E-state index >= 15 is 0 Å². The molecule has 1 aromatic rings. The molecule has 0 spiro atoms. The summed E-state index contributed by atoms with van der Waals surface area (Å²) in [6.45, 7) is 9.90. The van der Waals surface area contributed by atoms with Crippen LogP contribution in [0, 0.1) is 0 Å². The van der Waals surface area contributed by atoms with Gasteiger partial charge in [-0.05, 0) is 33.3 Å². The molecule has 0 aliphatic carbocycles. The van der Waals surface area contributed by atoms with Crippen LogP contribution in [-0.4, -0.2) is 34.0 Å². The van der Waals surface area contributed by atoms with Crippen molar-refractivity contribution in [3.63, 3.8) is 0 Å². The lowest BCUT2D eigenvalue weighted by Crippen LogP contribution is -2.41. The normalized spacial score (nSPS) is 18.8. The van der Waals surface area contributed by atoms with Crippen LogP contribution in [0.25, 0.3) is 0 Å². The minimum atomic E-state index is -0.100. The molecule has 0 saturated carbocycles. The van der Waals surface area contributed by atoms with Crippen LogP contribution in [0.1, 0.15) is 33.3 Å². The van der Waals surface area contributed by atoms with Crippen molar-refractivity contribution < 1.29 is 4.79 Å². The van der Waals surface area contributed by atoms with Crippen molar-refractivity contribution in [1.82, 2.24) is 9.80 Å². The molecule has 1 aliphatic heterocycles. The van der Waals surface area contributed by atoms with Gasteiger partial charge in [-0.15, -0.1) is 0 Å². The fourth-order valence-corrected chi connectivity index (χ4v) is 2.43. The van der Waals surface area contributed by atoms with E-state index in [0.29, 0.717) is 6.54 Å². The number of rotatable bonds is 3. The quantitative estimate of drug-likeness (QED) is 0.804. The van der Waals surface area contributed by atoms with Crippen molar-refractivity contribution in [1.29, 1.82) is 0 Å². The van der Waals surface area contributed by atoms with Crippen LogP contribution < -0.4 is 0 Å². The molecule has 1 aromatic carbocycles. The first kappa shape index (κ1) is 12.9. The monoisotopic (exact) mass is 246 g/mol. The fourth-order valence-electron chi connectivity index (χ4n) is 2.43. The first-order valence-electron chi connectivity index (χ1n) is 6.54. The second kappa shape index (κ2) is 4.63. The number of carbonyl (C=O) groups is 1. The number of nitrogens with zero attached hydrogens (tertiary/aromatic N) is 2. The Morgan fingerprint density at radius 3 is 2.33 bits per heavy atom. The third-order valence-corrected chi connectivity index (χ3v) is 3.57. The molecule has 0 bridgehead atoms. The molecule has 0 radical (unpaired) electrons. The zero-order valence-electron chi connectivity index (χ0n) is 11.7. The molecule has 1 aliphatic rings. The van der Waals surface area contributed by atoms with Crippen LogP contribution in [0.3, 0.4) is 0 Å². The smallest absolute Gasteiger partial charge is 0.320 e. The maximum atomic E-state index is 12.4. The number of carbonyl (C=O) groups excluding carboxylic acids is 1. The molecular formula is C15H22N2O. The van der Waals surface area contributed by atoms with E-state index in [1.807, 2.05) is 28.0 Å². The van der Waals surface area contributed by atoms with Gasteiger partial charge < -0.3 is 9.80 Å². The minimum absolute atomic E-state index is 0.100. The Kier molecular flexibility index (Phi) is 3.33. The molecule has 1 saturated heterocycles. The van der Waals surface area contributed by atoms with Gasteiger partial charge in [0.05, 0.1) is 5.54 Å². The molecule has 0 unspecified atom stereocenters. The van der Waals surface area contributed by atoms with E-state index in [2.05, 4.69) is 39.8 Å². The second-order valence-electron chi connectivity index (χ2n) is 5.89. The predicted octanol–water partition coefficient (Wildman–Crippen LogP) is 3.11. The maximum absolute atomic E-state index is 12.4. The van der Waals surface area contributed by atoms with Crippen LogP contribution in [0.2, 0.25) is 0 Å². The summed E-state index contributed by atoms with van der Waals surface area (Å²) in [7, 11) is 0. The van der Waals surface area contributed by atoms with E-state index in [1.165, 1.54) is 5.56 Å². The van der Waals surface area contributed by atoms with Gasteiger partial charge in [0.2, 0.25) is 0 Å². The zero-order chi connectivity index (χ0) is 13.3. The summed E-state index contributed by atoms with van der Waals surface area (Å²) in [5.41, 5.74) is 1.08. The molecule has 3 heteroatoms. The lowest BCUT2D eigenvalue weighted by molar-refractivity contribution is 0.164.